The Morgan fingerprint density at radius 2 is 1.27 bits per heavy atom. The van der Waals surface area contributed by atoms with Crippen molar-refractivity contribution in [1.29, 1.82) is 0 Å². The maximum Gasteiger partial charge on any atom is 0.326 e. The van der Waals surface area contributed by atoms with Gasteiger partial charge in [-0.1, -0.05) is 44.2 Å². The highest BCUT2D eigenvalue weighted by atomic mass is 16.4. The number of carboxylic acid groups (broad SMARTS) is 1. The number of hydrogen-bond acceptors (Lipinski definition) is 12. The molecule has 0 aliphatic heterocycles. The average molecular weight is 794 g/mol. The molecule has 0 bridgehead atoms. The number of aliphatic carboxylic acids is 1. The Labute approximate surface area is 325 Å². The largest absolute Gasteiger partial charge is 0.480 e. The highest BCUT2D eigenvalue weighted by Crippen LogP contribution is 2.10. The second-order valence-corrected chi connectivity index (χ2v) is 13.4. The van der Waals surface area contributed by atoms with Gasteiger partial charge in [-0.15, -0.1) is 0 Å². The molecule has 0 aromatic heterocycles. The lowest BCUT2D eigenvalue weighted by atomic mass is 10.00. The fourth-order valence-corrected chi connectivity index (χ4v) is 5.19. The van der Waals surface area contributed by atoms with Crippen LogP contribution in [0, 0.1) is 5.92 Å². The number of hydrogen-bond donors (Lipinski definition) is 13. The summed E-state index contributed by atoms with van der Waals surface area (Å²) >= 11 is 0. The summed E-state index contributed by atoms with van der Waals surface area (Å²) in [6.07, 6.45) is 1.34. The molecule has 0 saturated heterocycles. The van der Waals surface area contributed by atoms with Crippen LogP contribution in [0.5, 0.6) is 0 Å². The molecule has 0 heterocycles. The van der Waals surface area contributed by atoms with Crippen molar-refractivity contribution >= 4 is 47.4 Å². The molecule has 1 aromatic rings. The van der Waals surface area contributed by atoms with Gasteiger partial charge in [0.2, 0.25) is 35.4 Å². The molecule has 56 heavy (non-hydrogen) atoms. The van der Waals surface area contributed by atoms with Gasteiger partial charge >= 0.3 is 5.97 Å². The zero-order valence-corrected chi connectivity index (χ0v) is 31.9. The summed E-state index contributed by atoms with van der Waals surface area (Å²) in [6, 6.07) is 0.892. The second-order valence-electron chi connectivity index (χ2n) is 13.4. The number of aliphatic hydroxyl groups is 2. The Balaban J connectivity index is 3.22. The number of aliphatic hydroxyl groups excluding tert-OH is 2. The molecule has 0 radical (unpaired) electrons. The number of nitrogens with two attached hydrogens (primary N) is 4. The first-order valence-electron chi connectivity index (χ1n) is 18.3. The van der Waals surface area contributed by atoms with E-state index in [0.29, 0.717) is 24.9 Å². The normalized spacial score (nSPS) is 14.1. The molecular weight excluding hydrogens is 734 g/mol. The number of carbonyl (C=O) groups is 7. The smallest absolute Gasteiger partial charge is 0.326 e. The van der Waals surface area contributed by atoms with E-state index >= 15 is 0 Å². The maximum absolute atomic E-state index is 13.9. The maximum atomic E-state index is 13.9. The molecule has 17 N–H and O–H groups in total. The number of carbonyl (C=O) groups excluding carboxylic acids is 6. The van der Waals surface area contributed by atoms with Crippen LogP contribution < -0.4 is 54.8 Å². The van der Waals surface area contributed by atoms with Gasteiger partial charge < -0.3 is 70.2 Å². The minimum Gasteiger partial charge on any atom is -0.480 e. The van der Waals surface area contributed by atoms with Gasteiger partial charge in [0.25, 0.3) is 0 Å². The number of guanidine groups is 1. The van der Waals surface area contributed by atoms with Crippen LogP contribution in [-0.2, 0) is 40.0 Å². The molecule has 21 heteroatoms. The molecule has 1 rings (SSSR count). The standard InChI is InChI=1S/C35H59N11O10/c1-20(2)15-25(32(53)43-24(34(55)56)12-8-14-40-35(38)39)44-33(54)26(16-21-9-4-3-5-10-21)45-31(52)23(11-6-7-13-36)42-28(49)17-41-30(51)27(19-48)46-29(50)22(37)18-47/h3-5,9-10,20,22-27,47-48H,6-8,11-19,36-37H2,1-2H3,(H,41,51)(H,42,49)(H,43,53)(H,44,54)(H,45,52)(H,46,50)(H,55,56)(H4,38,39,40)/t22-,23-,24-,25-,26-,27-/m0/s1. The van der Waals surface area contributed by atoms with Crippen LogP contribution in [0.15, 0.2) is 35.3 Å². The molecule has 0 saturated carbocycles. The zero-order valence-electron chi connectivity index (χ0n) is 31.9. The highest BCUT2D eigenvalue weighted by molar-refractivity contribution is 5.96. The molecule has 6 amide bonds. The zero-order chi connectivity index (χ0) is 42.2. The SMILES string of the molecule is CC(C)C[C@H](NC(=O)[C@H](Cc1ccccc1)NC(=O)[C@H](CCCCN)NC(=O)CNC(=O)[C@H](CO)NC(=O)[C@@H](N)CO)C(=O)N[C@@H](CCCN=C(N)N)C(=O)O. The van der Waals surface area contributed by atoms with Gasteiger partial charge in [-0.3, -0.25) is 33.8 Å². The van der Waals surface area contributed by atoms with E-state index in [-0.39, 0.29) is 50.5 Å². The molecule has 314 valence electrons. The van der Waals surface area contributed by atoms with E-state index in [4.69, 9.17) is 28.0 Å². The number of benzene rings is 1. The molecule has 6 atom stereocenters. The fourth-order valence-electron chi connectivity index (χ4n) is 5.19. The van der Waals surface area contributed by atoms with Crippen LogP contribution in [0.3, 0.4) is 0 Å². The van der Waals surface area contributed by atoms with E-state index in [0.717, 1.165) is 0 Å². The summed E-state index contributed by atoms with van der Waals surface area (Å²) in [4.78, 5) is 94.3. The lowest BCUT2D eigenvalue weighted by molar-refractivity contribution is -0.142. The molecule has 1 aromatic carbocycles. The summed E-state index contributed by atoms with van der Waals surface area (Å²) in [6.45, 7) is 1.84. The summed E-state index contributed by atoms with van der Waals surface area (Å²) < 4.78 is 0. The van der Waals surface area contributed by atoms with Gasteiger partial charge in [-0.2, -0.15) is 0 Å². The molecular formula is C35H59N11O10. The van der Waals surface area contributed by atoms with Crippen molar-refractivity contribution in [2.24, 2.45) is 33.8 Å². The molecule has 0 aliphatic carbocycles. The topological polar surface area (TPSA) is 369 Å². The van der Waals surface area contributed by atoms with E-state index in [1.54, 1.807) is 30.3 Å². The van der Waals surface area contributed by atoms with Crippen LogP contribution in [0.25, 0.3) is 0 Å². The van der Waals surface area contributed by atoms with E-state index in [1.807, 2.05) is 13.8 Å². The van der Waals surface area contributed by atoms with Gasteiger partial charge in [0.05, 0.1) is 19.8 Å². The van der Waals surface area contributed by atoms with Crippen LogP contribution in [-0.4, -0.2) is 132 Å². The summed E-state index contributed by atoms with van der Waals surface area (Å²) in [7, 11) is 0. The van der Waals surface area contributed by atoms with Crippen molar-refractivity contribution in [2.45, 2.75) is 95.0 Å². The van der Waals surface area contributed by atoms with Gasteiger partial charge in [0.15, 0.2) is 5.96 Å². The molecule has 21 nitrogen and oxygen atoms in total. The third kappa shape index (κ3) is 19.3. The Bertz CT molecular complexity index is 1460. The van der Waals surface area contributed by atoms with E-state index in [2.05, 4.69) is 36.9 Å². The Morgan fingerprint density at radius 1 is 0.696 bits per heavy atom. The van der Waals surface area contributed by atoms with E-state index in [1.165, 1.54) is 0 Å². The van der Waals surface area contributed by atoms with Crippen molar-refractivity contribution in [2.75, 3.05) is 32.8 Å². The van der Waals surface area contributed by atoms with E-state index in [9.17, 15) is 43.8 Å². The van der Waals surface area contributed by atoms with E-state index < -0.39 is 97.4 Å². The van der Waals surface area contributed by atoms with Crippen molar-refractivity contribution in [3.05, 3.63) is 35.9 Å². The number of nitrogens with one attached hydrogen (secondary N) is 6. The minimum atomic E-state index is -1.48. The number of nitrogens with zero attached hydrogens (tertiary/aromatic N) is 1. The average Bonchev–Trinajstić information content (AvgIpc) is 3.15. The third-order valence-corrected chi connectivity index (χ3v) is 8.19. The number of rotatable bonds is 27. The van der Waals surface area contributed by atoms with Crippen molar-refractivity contribution < 1.29 is 48.9 Å². The Hall–Kier alpha value is -5.38. The van der Waals surface area contributed by atoms with Crippen LogP contribution in [0.1, 0.15) is 57.9 Å². The van der Waals surface area contributed by atoms with Crippen LogP contribution >= 0.6 is 0 Å². The number of aliphatic imine (C=N–C) groups is 1. The Kier molecular flexibility index (Phi) is 23.0. The van der Waals surface area contributed by atoms with Gasteiger partial charge in [0.1, 0.15) is 36.3 Å². The molecule has 0 spiro atoms. The first-order chi connectivity index (χ1) is 26.5. The predicted octanol–water partition coefficient (Wildman–Crippen LogP) is -4.61. The van der Waals surface area contributed by atoms with Crippen LogP contribution in [0.4, 0.5) is 0 Å². The fraction of sp³-hybridized carbons (Fsp3) is 0.600. The molecule has 0 aliphatic rings. The predicted molar refractivity (Wildman–Crippen MR) is 205 cm³/mol. The van der Waals surface area contributed by atoms with Crippen molar-refractivity contribution in [1.82, 2.24) is 31.9 Å². The molecule has 0 fully saturated rings. The number of unbranched alkanes of at least 4 members (excludes halogenated alkanes) is 1. The quantitative estimate of drug-likeness (QED) is 0.0227. The summed E-state index contributed by atoms with van der Waals surface area (Å²) in [5.41, 5.74) is 22.4. The van der Waals surface area contributed by atoms with Crippen LogP contribution in [0.2, 0.25) is 0 Å². The third-order valence-electron chi connectivity index (χ3n) is 8.19. The van der Waals surface area contributed by atoms with Crippen molar-refractivity contribution in [3.8, 4) is 0 Å². The van der Waals surface area contributed by atoms with Gasteiger partial charge in [0, 0.05) is 13.0 Å². The van der Waals surface area contributed by atoms with Crippen molar-refractivity contribution in [3.63, 3.8) is 0 Å². The lowest BCUT2D eigenvalue weighted by Gasteiger charge is -2.27. The number of carboxylic acids is 1. The first kappa shape index (κ1) is 48.6. The summed E-state index contributed by atoms with van der Waals surface area (Å²) in [5, 5.41) is 43.1. The lowest BCUT2D eigenvalue weighted by Crippen LogP contribution is -2.59. The Morgan fingerprint density at radius 3 is 1.84 bits per heavy atom. The summed E-state index contributed by atoms with van der Waals surface area (Å²) in [5.74, 6) is -6.50. The number of amides is 6. The second kappa shape index (κ2) is 26.4. The van der Waals surface area contributed by atoms with Gasteiger partial charge in [-0.25, -0.2) is 4.79 Å². The van der Waals surface area contributed by atoms with Gasteiger partial charge in [-0.05, 0) is 56.6 Å². The molecule has 0 unspecified atom stereocenters. The highest BCUT2D eigenvalue weighted by Gasteiger charge is 2.32. The monoisotopic (exact) mass is 793 g/mol. The first-order valence-corrected chi connectivity index (χ1v) is 18.3. The minimum absolute atomic E-state index is 0.00570.